The molecule has 0 saturated heterocycles. The minimum Gasteiger partial charge on any atom is -0.394 e. The van der Waals surface area contributed by atoms with Gasteiger partial charge in [-0.2, -0.15) is 4.98 Å². The molecule has 0 radical (unpaired) electrons. The van der Waals surface area contributed by atoms with Gasteiger partial charge >= 0.3 is 5.69 Å². The second-order valence-electron chi connectivity index (χ2n) is 5.16. The maximum Gasteiger partial charge on any atom is 0.351 e. The van der Waals surface area contributed by atoms with Gasteiger partial charge in [-0.3, -0.25) is 9.36 Å². The summed E-state index contributed by atoms with van der Waals surface area (Å²) in [5.74, 6) is -0.479. The van der Waals surface area contributed by atoms with Crippen molar-refractivity contribution in [1.29, 1.82) is 0 Å². The standard InChI is InChI=1S/C16H17ClFN3O5/c17-14(23)11(9-22)26-13(8-18)21-7-6-12(20-16(21)25)19-15(24)10-4-2-1-3-5-10/h1-7,11,13-14,22-23H,8-9H2,(H,19,20,24,25)/t11-,13-,14-/m1/s1. The molecular weight excluding hydrogens is 369 g/mol. The molecular formula is C16H17ClFN3O5. The number of aliphatic hydroxyl groups is 2. The summed E-state index contributed by atoms with van der Waals surface area (Å²) in [5, 5.41) is 20.8. The number of aromatic nitrogens is 2. The molecule has 3 N–H and O–H groups in total. The van der Waals surface area contributed by atoms with Gasteiger partial charge in [0.2, 0.25) is 0 Å². The Morgan fingerprint density at radius 1 is 1.35 bits per heavy atom. The fraction of sp³-hybridized carbons (Fsp3) is 0.312. The molecule has 0 aliphatic carbocycles. The van der Waals surface area contributed by atoms with Crippen molar-refractivity contribution in [3.8, 4) is 0 Å². The highest BCUT2D eigenvalue weighted by molar-refractivity contribution is 6.19. The zero-order chi connectivity index (χ0) is 19.1. The molecule has 0 fully saturated rings. The third-order valence-electron chi connectivity index (χ3n) is 3.37. The lowest BCUT2D eigenvalue weighted by molar-refractivity contribution is -0.112. The quantitative estimate of drug-likeness (QED) is 0.582. The zero-order valence-corrected chi connectivity index (χ0v) is 14.2. The van der Waals surface area contributed by atoms with Gasteiger partial charge in [0.15, 0.2) is 11.8 Å². The molecule has 0 saturated carbocycles. The van der Waals surface area contributed by atoms with Gasteiger partial charge in [0, 0.05) is 11.8 Å². The van der Waals surface area contributed by atoms with E-state index in [1.165, 1.54) is 12.3 Å². The number of nitrogens with zero attached hydrogens (tertiary/aromatic N) is 2. The number of carbonyl (C=O) groups excluding carboxylic acids is 1. The van der Waals surface area contributed by atoms with Crippen molar-refractivity contribution in [2.45, 2.75) is 17.9 Å². The van der Waals surface area contributed by atoms with E-state index in [0.717, 1.165) is 4.57 Å². The summed E-state index contributed by atoms with van der Waals surface area (Å²) in [6.45, 7) is -1.80. The fourth-order valence-corrected chi connectivity index (χ4v) is 2.19. The van der Waals surface area contributed by atoms with Crippen LogP contribution in [0.1, 0.15) is 16.6 Å². The first-order valence-corrected chi connectivity index (χ1v) is 8.00. The number of nitrogens with one attached hydrogen (secondary N) is 1. The largest absolute Gasteiger partial charge is 0.394 e. The van der Waals surface area contributed by atoms with Crippen LogP contribution in [0.5, 0.6) is 0 Å². The van der Waals surface area contributed by atoms with Crippen molar-refractivity contribution in [3.63, 3.8) is 0 Å². The van der Waals surface area contributed by atoms with Crippen molar-refractivity contribution < 1.29 is 24.1 Å². The number of aliphatic hydroxyl groups excluding tert-OH is 2. The van der Waals surface area contributed by atoms with Gasteiger partial charge in [-0.05, 0) is 18.2 Å². The van der Waals surface area contributed by atoms with Gasteiger partial charge in [0.1, 0.15) is 18.6 Å². The second kappa shape index (κ2) is 9.39. The number of ether oxygens (including phenoxy) is 1. The topological polar surface area (TPSA) is 114 Å². The summed E-state index contributed by atoms with van der Waals surface area (Å²) in [6.07, 6.45) is -1.56. The van der Waals surface area contributed by atoms with Crippen molar-refractivity contribution in [2.24, 2.45) is 0 Å². The SMILES string of the molecule is O=C(Nc1ccn([C@@H](CF)O[C@H](CO)[C@@H](O)Cl)c(=O)n1)c1ccccc1. The van der Waals surface area contributed by atoms with E-state index in [9.17, 15) is 19.1 Å². The molecule has 1 amide bonds. The Morgan fingerprint density at radius 3 is 2.58 bits per heavy atom. The number of halogens is 2. The van der Waals surface area contributed by atoms with Crippen LogP contribution in [0.2, 0.25) is 0 Å². The van der Waals surface area contributed by atoms with Crippen LogP contribution in [0.15, 0.2) is 47.4 Å². The predicted molar refractivity (Wildman–Crippen MR) is 91.7 cm³/mol. The highest BCUT2D eigenvalue weighted by atomic mass is 35.5. The molecule has 8 nitrogen and oxygen atoms in total. The summed E-state index contributed by atoms with van der Waals surface area (Å²) in [4.78, 5) is 27.8. The fourth-order valence-electron chi connectivity index (χ4n) is 2.05. The van der Waals surface area contributed by atoms with Crippen LogP contribution in [0.3, 0.4) is 0 Å². The summed E-state index contributed by atoms with van der Waals surface area (Å²) in [6, 6.07) is 9.61. The minimum absolute atomic E-state index is 0.0196. The molecule has 1 aromatic carbocycles. The molecule has 0 aliphatic rings. The summed E-state index contributed by atoms with van der Waals surface area (Å²) in [5.41, 5.74) is -2.09. The van der Waals surface area contributed by atoms with Crippen LogP contribution >= 0.6 is 11.6 Å². The molecule has 2 rings (SSSR count). The van der Waals surface area contributed by atoms with Gasteiger partial charge in [0.05, 0.1) is 6.61 Å². The van der Waals surface area contributed by atoms with Crippen LogP contribution in [-0.2, 0) is 4.74 Å². The molecule has 140 valence electrons. The Bertz CT molecular complexity index is 787. The lowest BCUT2D eigenvalue weighted by Crippen LogP contribution is -2.36. The normalized spacial score (nSPS) is 14.5. The monoisotopic (exact) mass is 385 g/mol. The second-order valence-corrected chi connectivity index (χ2v) is 5.61. The Morgan fingerprint density at radius 2 is 2.04 bits per heavy atom. The molecule has 0 spiro atoms. The molecule has 1 aromatic heterocycles. The molecule has 1 heterocycles. The van der Waals surface area contributed by atoms with E-state index < -0.39 is 42.8 Å². The van der Waals surface area contributed by atoms with Gasteiger partial charge in [-0.1, -0.05) is 29.8 Å². The Hall–Kier alpha value is -2.33. The number of hydrogen-bond acceptors (Lipinski definition) is 6. The highest BCUT2D eigenvalue weighted by Crippen LogP contribution is 2.15. The Kier molecular flexibility index (Phi) is 7.22. The number of benzene rings is 1. The van der Waals surface area contributed by atoms with E-state index in [0.29, 0.717) is 5.56 Å². The van der Waals surface area contributed by atoms with E-state index in [2.05, 4.69) is 10.3 Å². The van der Waals surface area contributed by atoms with Crippen molar-refractivity contribution in [2.75, 3.05) is 18.6 Å². The van der Waals surface area contributed by atoms with Gasteiger partial charge in [-0.15, -0.1) is 0 Å². The van der Waals surface area contributed by atoms with E-state index in [1.807, 2.05) is 0 Å². The van der Waals surface area contributed by atoms with Crippen LogP contribution in [0.4, 0.5) is 10.2 Å². The highest BCUT2D eigenvalue weighted by Gasteiger charge is 2.24. The first-order chi connectivity index (χ1) is 12.5. The third kappa shape index (κ3) is 5.09. The number of rotatable bonds is 8. The molecule has 0 aliphatic heterocycles. The summed E-state index contributed by atoms with van der Waals surface area (Å²) >= 11 is 5.41. The average molecular weight is 386 g/mol. The van der Waals surface area contributed by atoms with Gasteiger partial charge in [0.25, 0.3) is 5.91 Å². The van der Waals surface area contributed by atoms with Crippen molar-refractivity contribution in [3.05, 3.63) is 58.6 Å². The van der Waals surface area contributed by atoms with E-state index in [4.69, 9.17) is 21.4 Å². The summed E-state index contributed by atoms with van der Waals surface area (Å²) < 4.78 is 19.1. The molecule has 2 aromatic rings. The van der Waals surface area contributed by atoms with E-state index in [1.54, 1.807) is 30.3 Å². The average Bonchev–Trinajstić information content (AvgIpc) is 2.64. The van der Waals surface area contributed by atoms with Gasteiger partial charge < -0.3 is 20.3 Å². The van der Waals surface area contributed by atoms with Crippen molar-refractivity contribution in [1.82, 2.24) is 9.55 Å². The number of amides is 1. The smallest absolute Gasteiger partial charge is 0.351 e. The lowest BCUT2D eigenvalue weighted by Gasteiger charge is -2.23. The van der Waals surface area contributed by atoms with Crippen LogP contribution < -0.4 is 11.0 Å². The van der Waals surface area contributed by atoms with Crippen molar-refractivity contribution >= 4 is 23.3 Å². The minimum atomic E-state index is -1.58. The lowest BCUT2D eigenvalue weighted by atomic mass is 10.2. The maximum atomic E-state index is 13.2. The molecule has 0 unspecified atom stereocenters. The van der Waals surface area contributed by atoms with Gasteiger partial charge in [-0.25, -0.2) is 9.18 Å². The maximum absolute atomic E-state index is 13.2. The zero-order valence-electron chi connectivity index (χ0n) is 13.5. The number of alkyl halides is 2. The number of hydrogen-bond donors (Lipinski definition) is 3. The molecule has 0 bridgehead atoms. The first-order valence-electron chi connectivity index (χ1n) is 7.56. The molecule has 10 heteroatoms. The summed E-state index contributed by atoms with van der Waals surface area (Å²) in [7, 11) is 0. The third-order valence-corrected chi connectivity index (χ3v) is 3.65. The van der Waals surface area contributed by atoms with Crippen LogP contribution in [0.25, 0.3) is 0 Å². The number of carbonyl (C=O) groups is 1. The van der Waals surface area contributed by atoms with E-state index >= 15 is 0 Å². The van der Waals surface area contributed by atoms with E-state index in [-0.39, 0.29) is 5.82 Å². The molecule has 26 heavy (non-hydrogen) atoms. The first kappa shape index (κ1) is 20.0. The Balaban J connectivity index is 2.15. The Labute approximate surface area is 152 Å². The predicted octanol–water partition coefficient (Wildman–Crippen LogP) is 0.898. The molecule has 3 atom stereocenters. The van der Waals surface area contributed by atoms with Crippen LogP contribution in [-0.4, -0.2) is 50.6 Å². The number of anilines is 1. The van der Waals surface area contributed by atoms with Crippen LogP contribution in [0, 0.1) is 0 Å².